The van der Waals surface area contributed by atoms with E-state index in [1.54, 1.807) is 0 Å². The molecule has 0 amide bonds. The Morgan fingerprint density at radius 1 is 1.21 bits per heavy atom. The zero-order valence-corrected chi connectivity index (χ0v) is 13.4. The topological polar surface area (TPSA) is 35.5 Å². The van der Waals surface area contributed by atoms with Crippen LogP contribution in [0.5, 0.6) is 0 Å². The molecule has 0 spiro atoms. The van der Waals surface area contributed by atoms with E-state index < -0.39 is 0 Å². The Hall–Kier alpha value is -0.120. The number of hydrogen-bond donors (Lipinski definition) is 2. The molecule has 114 valence electrons. The van der Waals surface area contributed by atoms with Gasteiger partial charge in [-0.3, -0.25) is 0 Å². The lowest BCUT2D eigenvalue weighted by Gasteiger charge is -2.39. The largest absolute Gasteiger partial charge is 0.393 e. The van der Waals surface area contributed by atoms with E-state index in [1.807, 2.05) is 0 Å². The van der Waals surface area contributed by atoms with Crippen LogP contribution in [-0.4, -0.2) is 48.3 Å². The van der Waals surface area contributed by atoms with Gasteiger partial charge in [0.2, 0.25) is 0 Å². The second kappa shape index (κ2) is 8.93. The minimum absolute atomic E-state index is 0.140. The van der Waals surface area contributed by atoms with Crippen molar-refractivity contribution in [3.8, 4) is 0 Å². The molecule has 1 rings (SSSR count). The van der Waals surface area contributed by atoms with Crippen LogP contribution in [0.4, 0.5) is 0 Å². The molecule has 0 aliphatic carbocycles. The van der Waals surface area contributed by atoms with E-state index in [0.717, 1.165) is 13.0 Å². The molecule has 1 fully saturated rings. The quantitative estimate of drug-likeness (QED) is 0.711. The summed E-state index contributed by atoms with van der Waals surface area (Å²) in [6, 6.07) is 0.615. The molecule has 0 aromatic carbocycles. The van der Waals surface area contributed by atoms with Crippen LogP contribution < -0.4 is 5.32 Å². The second-order valence-electron chi connectivity index (χ2n) is 6.56. The molecule has 0 bridgehead atoms. The lowest BCUT2D eigenvalue weighted by atomic mass is 9.86. The fraction of sp³-hybridized carbons (Fsp3) is 1.00. The van der Waals surface area contributed by atoms with E-state index in [4.69, 9.17) is 0 Å². The number of likely N-dealkylation sites (tertiary alicyclic amines) is 1. The highest BCUT2D eigenvalue weighted by atomic mass is 16.3. The highest BCUT2D eigenvalue weighted by molar-refractivity contribution is 4.84. The average molecular weight is 270 g/mol. The zero-order chi connectivity index (χ0) is 14.3. The van der Waals surface area contributed by atoms with Crippen LogP contribution in [0, 0.1) is 11.8 Å². The van der Waals surface area contributed by atoms with Crippen molar-refractivity contribution in [1.82, 2.24) is 10.2 Å². The van der Waals surface area contributed by atoms with E-state index in [1.165, 1.54) is 38.9 Å². The average Bonchev–Trinajstić information content (AvgIpc) is 2.36. The summed E-state index contributed by atoms with van der Waals surface area (Å²) in [6.45, 7) is 13.4. The van der Waals surface area contributed by atoms with Crippen LogP contribution in [0.1, 0.15) is 53.4 Å². The smallest absolute Gasteiger partial charge is 0.0566 e. The third-order valence-corrected chi connectivity index (χ3v) is 4.18. The summed E-state index contributed by atoms with van der Waals surface area (Å²) in [6.07, 6.45) is 4.47. The molecule has 1 aliphatic rings. The van der Waals surface area contributed by atoms with E-state index in [-0.39, 0.29) is 6.10 Å². The molecule has 1 heterocycles. The van der Waals surface area contributed by atoms with Crippen LogP contribution in [0.2, 0.25) is 0 Å². The van der Waals surface area contributed by atoms with Crippen LogP contribution in [0.3, 0.4) is 0 Å². The Morgan fingerprint density at radius 3 is 2.53 bits per heavy atom. The fourth-order valence-corrected chi connectivity index (χ4v) is 3.08. The third kappa shape index (κ3) is 6.24. The Labute approximate surface area is 119 Å². The van der Waals surface area contributed by atoms with Gasteiger partial charge in [0, 0.05) is 19.1 Å². The molecule has 1 saturated heterocycles. The summed E-state index contributed by atoms with van der Waals surface area (Å²) in [4.78, 5) is 2.58. The summed E-state index contributed by atoms with van der Waals surface area (Å²) in [5, 5.41) is 13.8. The Morgan fingerprint density at radius 2 is 1.95 bits per heavy atom. The van der Waals surface area contributed by atoms with E-state index in [2.05, 4.69) is 37.9 Å². The van der Waals surface area contributed by atoms with Crippen LogP contribution >= 0.6 is 0 Å². The molecule has 3 nitrogen and oxygen atoms in total. The number of hydrogen-bond acceptors (Lipinski definition) is 3. The molecule has 0 radical (unpaired) electrons. The number of piperidine rings is 1. The summed E-state index contributed by atoms with van der Waals surface area (Å²) in [7, 11) is 0. The van der Waals surface area contributed by atoms with Crippen molar-refractivity contribution in [2.75, 3.05) is 26.2 Å². The van der Waals surface area contributed by atoms with E-state index >= 15 is 0 Å². The standard InChI is InChI=1S/C16H34N2O/c1-5-7-17-15-9-14(10-16(19)13(3)4)11-18(12-15)8-6-2/h13-17,19H,5-12H2,1-4H3. The monoisotopic (exact) mass is 270 g/mol. The fourth-order valence-electron chi connectivity index (χ4n) is 3.08. The first-order valence-electron chi connectivity index (χ1n) is 8.20. The molecule has 3 atom stereocenters. The van der Waals surface area contributed by atoms with Crippen LogP contribution in [0.15, 0.2) is 0 Å². The lowest BCUT2D eigenvalue weighted by Crippen LogP contribution is -2.50. The number of nitrogens with one attached hydrogen (secondary N) is 1. The first-order valence-corrected chi connectivity index (χ1v) is 8.20. The van der Waals surface area contributed by atoms with Gasteiger partial charge in [-0.2, -0.15) is 0 Å². The van der Waals surface area contributed by atoms with Crippen molar-refractivity contribution >= 4 is 0 Å². The minimum atomic E-state index is -0.140. The van der Waals surface area contributed by atoms with Crippen molar-refractivity contribution < 1.29 is 5.11 Å². The van der Waals surface area contributed by atoms with Crippen molar-refractivity contribution in [2.45, 2.75) is 65.5 Å². The highest BCUT2D eigenvalue weighted by Gasteiger charge is 2.28. The summed E-state index contributed by atoms with van der Waals surface area (Å²) in [5.41, 5.74) is 0. The molecule has 19 heavy (non-hydrogen) atoms. The maximum atomic E-state index is 10.1. The van der Waals surface area contributed by atoms with Gasteiger partial charge in [0.25, 0.3) is 0 Å². The van der Waals surface area contributed by atoms with Gasteiger partial charge in [-0.05, 0) is 50.6 Å². The van der Waals surface area contributed by atoms with Crippen molar-refractivity contribution in [1.29, 1.82) is 0 Å². The SMILES string of the molecule is CCCNC1CC(CC(O)C(C)C)CN(CCC)C1. The van der Waals surface area contributed by atoms with Crippen molar-refractivity contribution in [3.05, 3.63) is 0 Å². The normalized spacial score (nSPS) is 26.8. The first kappa shape index (κ1) is 16.9. The minimum Gasteiger partial charge on any atom is -0.393 e. The molecule has 3 unspecified atom stereocenters. The second-order valence-corrected chi connectivity index (χ2v) is 6.56. The summed E-state index contributed by atoms with van der Waals surface area (Å²) >= 11 is 0. The van der Waals surface area contributed by atoms with Crippen molar-refractivity contribution in [2.24, 2.45) is 11.8 Å². The van der Waals surface area contributed by atoms with Crippen LogP contribution in [-0.2, 0) is 0 Å². The number of aliphatic hydroxyl groups excluding tert-OH is 1. The molecule has 2 N–H and O–H groups in total. The number of nitrogens with zero attached hydrogens (tertiary/aromatic N) is 1. The van der Waals surface area contributed by atoms with Gasteiger partial charge in [0.1, 0.15) is 0 Å². The van der Waals surface area contributed by atoms with Gasteiger partial charge in [-0.25, -0.2) is 0 Å². The molecule has 1 aliphatic heterocycles. The maximum absolute atomic E-state index is 10.1. The first-order chi connectivity index (χ1) is 9.06. The Kier molecular flexibility index (Phi) is 7.96. The van der Waals surface area contributed by atoms with E-state index in [9.17, 15) is 5.11 Å². The van der Waals surface area contributed by atoms with Gasteiger partial charge in [-0.1, -0.05) is 27.7 Å². The van der Waals surface area contributed by atoms with Gasteiger partial charge in [-0.15, -0.1) is 0 Å². The summed E-state index contributed by atoms with van der Waals surface area (Å²) in [5.74, 6) is 1.02. The molecular formula is C16H34N2O. The molecule has 0 aromatic rings. The summed E-state index contributed by atoms with van der Waals surface area (Å²) < 4.78 is 0. The lowest BCUT2D eigenvalue weighted by molar-refractivity contribution is 0.0618. The Bertz CT molecular complexity index is 233. The van der Waals surface area contributed by atoms with Gasteiger partial charge in [0.05, 0.1) is 6.10 Å². The maximum Gasteiger partial charge on any atom is 0.0566 e. The molecular weight excluding hydrogens is 236 g/mol. The predicted molar refractivity (Wildman–Crippen MR) is 82.4 cm³/mol. The van der Waals surface area contributed by atoms with Gasteiger partial charge in [0.15, 0.2) is 0 Å². The van der Waals surface area contributed by atoms with Gasteiger partial charge >= 0.3 is 0 Å². The third-order valence-electron chi connectivity index (χ3n) is 4.18. The Balaban J connectivity index is 2.49. The van der Waals surface area contributed by atoms with Crippen LogP contribution in [0.25, 0.3) is 0 Å². The molecule has 0 saturated carbocycles. The predicted octanol–water partition coefficient (Wildman–Crippen LogP) is 2.49. The number of rotatable bonds is 8. The molecule has 0 aromatic heterocycles. The van der Waals surface area contributed by atoms with Gasteiger partial charge < -0.3 is 15.3 Å². The van der Waals surface area contributed by atoms with Crippen molar-refractivity contribution in [3.63, 3.8) is 0 Å². The van der Waals surface area contributed by atoms with E-state index in [0.29, 0.717) is 17.9 Å². The number of aliphatic hydroxyl groups is 1. The highest BCUT2D eigenvalue weighted by Crippen LogP contribution is 2.24. The zero-order valence-electron chi connectivity index (χ0n) is 13.4. The molecule has 3 heteroatoms.